The van der Waals surface area contributed by atoms with Crippen molar-refractivity contribution in [1.29, 1.82) is 0 Å². The second kappa shape index (κ2) is 8.47. The lowest BCUT2D eigenvalue weighted by atomic mass is 10.1. The number of aliphatic carboxylic acids is 2. The zero-order chi connectivity index (χ0) is 17.6. The van der Waals surface area contributed by atoms with Crippen LogP contribution in [0.1, 0.15) is 25.7 Å². The molecule has 1 aliphatic rings. The summed E-state index contributed by atoms with van der Waals surface area (Å²) in [7, 11) is 3.49. The third kappa shape index (κ3) is 5.85. The van der Waals surface area contributed by atoms with Crippen molar-refractivity contribution in [2.75, 3.05) is 27.2 Å². The van der Waals surface area contributed by atoms with Gasteiger partial charge in [-0.15, -0.1) is 0 Å². The van der Waals surface area contributed by atoms with E-state index in [1.165, 1.54) is 4.90 Å². The molecule has 1 saturated heterocycles. The van der Waals surface area contributed by atoms with Gasteiger partial charge in [-0.3, -0.25) is 14.4 Å². The number of rotatable bonds is 8. The zero-order valence-corrected chi connectivity index (χ0v) is 13.3. The lowest BCUT2D eigenvalue weighted by Gasteiger charge is -2.26. The molecule has 130 valence electrons. The van der Waals surface area contributed by atoms with Crippen molar-refractivity contribution >= 4 is 23.8 Å². The second-order valence-corrected chi connectivity index (χ2v) is 5.81. The maximum atomic E-state index is 12.3. The van der Waals surface area contributed by atoms with Crippen LogP contribution in [-0.4, -0.2) is 83.0 Å². The molecule has 1 rings (SSSR count). The average Bonchev–Trinajstić information content (AvgIpc) is 2.91. The van der Waals surface area contributed by atoms with Crippen molar-refractivity contribution in [2.24, 2.45) is 0 Å². The van der Waals surface area contributed by atoms with Crippen molar-refractivity contribution in [1.82, 2.24) is 15.1 Å². The molecule has 2 amide bonds. The summed E-state index contributed by atoms with van der Waals surface area (Å²) in [5, 5.41) is 20.0. The molecule has 1 heterocycles. The van der Waals surface area contributed by atoms with Gasteiger partial charge < -0.3 is 25.3 Å². The van der Waals surface area contributed by atoms with E-state index in [9.17, 15) is 19.2 Å². The molecule has 0 aromatic heterocycles. The molecule has 0 radical (unpaired) electrons. The van der Waals surface area contributed by atoms with Crippen LogP contribution in [0.2, 0.25) is 0 Å². The number of likely N-dealkylation sites (tertiary alicyclic amines) is 1. The monoisotopic (exact) mass is 329 g/mol. The molecule has 0 aromatic carbocycles. The van der Waals surface area contributed by atoms with Gasteiger partial charge in [0.15, 0.2) is 0 Å². The fourth-order valence-electron chi connectivity index (χ4n) is 2.49. The standard InChI is InChI=1S/C14H23N3O6/c1-16(2)8-11(18)17-7-3-4-10(17)13(21)15-9(14(22)23)5-6-12(19)20/h9-10H,3-8H2,1-2H3,(H,15,21)(H,19,20)(H,22,23). The van der Waals surface area contributed by atoms with Gasteiger partial charge in [0.05, 0.1) is 6.54 Å². The van der Waals surface area contributed by atoms with Crippen LogP contribution in [0.5, 0.6) is 0 Å². The van der Waals surface area contributed by atoms with Crippen LogP contribution < -0.4 is 5.32 Å². The van der Waals surface area contributed by atoms with Gasteiger partial charge in [-0.1, -0.05) is 0 Å². The molecule has 0 saturated carbocycles. The summed E-state index contributed by atoms with van der Waals surface area (Å²) in [4.78, 5) is 49.2. The van der Waals surface area contributed by atoms with Crippen molar-refractivity contribution in [3.63, 3.8) is 0 Å². The quantitative estimate of drug-likeness (QED) is 0.520. The van der Waals surface area contributed by atoms with Crippen LogP contribution in [-0.2, 0) is 19.2 Å². The van der Waals surface area contributed by atoms with Gasteiger partial charge in [-0.25, -0.2) is 4.79 Å². The average molecular weight is 329 g/mol. The number of hydrogen-bond acceptors (Lipinski definition) is 5. The fraction of sp³-hybridized carbons (Fsp3) is 0.714. The lowest BCUT2D eigenvalue weighted by molar-refractivity contribution is -0.144. The number of carbonyl (C=O) groups is 4. The largest absolute Gasteiger partial charge is 0.481 e. The highest BCUT2D eigenvalue weighted by Gasteiger charge is 2.35. The maximum Gasteiger partial charge on any atom is 0.326 e. The second-order valence-electron chi connectivity index (χ2n) is 5.81. The minimum atomic E-state index is -1.29. The van der Waals surface area contributed by atoms with Gasteiger partial charge in [0.2, 0.25) is 11.8 Å². The number of carboxylic acids is 2. The Kier molecular flexibility index (Phi) is 6.95. The summed E-state index contributed by atoms with van der Waals surface area (Å²) >= 11 is 0. The first kappa shape index (κ1) is 18.9. The molecule has 9 nitrogen and oxygen atoms in total. The smallest absolute Gasteiger partial charge is 0.326 e. The summed E-state index contributed by atoms with van der Waals surface area (Å²) in [5.41, 5.74) is 0. The molecule has 1 aliphatic heterocycles. The van der Waals surface area contributed by atoms with E-state index in [0.717, 1.165) is 0 Å². The Hall–Kier alpha value is -2.16. The van der Waals surface area contributed by atoms with Gasteiger partial charge in [0, 0.05) is 13.0 Å². The molecule has 1 fully saturated rings. The minimum Gasteiger partial charge on any atom is -0.481 e. The molecule has 2 unspecified atom stereocenters. The topological polar surface area (TPSA) is 127 Å². The third-order valence-electron chi connectivity index (χ3n) is 3.59. The predicted octanol–water partition coefficient (Wildman–Crippen LogP) is -1.03. The van der Waals surface area contributed by atoms with Crippen LogP contribution in [0.3, 0.4) is 0 Å². The SMILES string of the molecule is CN(C)CC(=O)N1CCCC1C(=O)NC(CCC(=O)O)C(=O)O. The highest BCUT2D eigenvalue weighted by atomic mass is 16.4. The molecule has 0 spiro atoms. The van der Waals surface area contributed by atoms with E-state index in [1.54, 1.807) is 19.0 Å². The van der Waals surface area contributed by atoms with Gasteiger partial charge >= 0.3 is 11.9 Å². The molecule has 2 atom stereocenters. The van der Waals surface area contributed by atoms with Gasteiger partial charge in [0.1, 0.15) is 12.1 Å². The van der Waals surface area contributed by atoms with E-state index in [4.69, 9.17) is 10.2 Å². The Morgan fingerprint density at radius 1 is 1.26 bits per heavy atom. The first-order valence-electron chi connectivity index (χ1n) is 7.41. The Bertz CT molecular complexity index is 479. The Morgan fingerprint density at radius 3 is 2.43 bits per heavy atom. The van der Waals surface area contributed by atoms with E-state index in [-0.39, 0.29) is 25.3 Å². The summed E-state index contributed by atoms with van der Waals surface area (Å²) in [6.07, 6.45) is 0.584. The molecule has 3 N–H and O–H groups in total. The highest BCUT2D eigenvalue weighted by Crippen LogP contribution is 2.18. The third-order valence-corrected chi connectivity index (χ3v) is 3.59. The molecule has 23 heavy (non-hydrogen) atoms. The number of carboxylic acid groups (broad SMARTS) is 2. The molecular weight excluding hydrogens is 306 g/mol. The van der Waals surface area contributed by atoms with Crippen molar-refractivity contribution < 1.29 is 29.4 Å². The molecular formula is C14H23N3O6. The van der Waals surface area contributed by atoms with E-state index < -0.39 is 29.9 Å². The Morgan fingerprint density at radius 2 is 1.91 bits per heavy atom. The number of carbonyl (C=O) groups excluding carboxylic acids is 2. The number of likely N-dealkylation sites (N-methyl/N-ethyl adjacent to an activating group) is 1. The summed E-state index contributed by atoms with van der Waals surface area (Å²) in [5.74, 6) is -3.16. The normalized spacial score (nSPS) is 18.7. The van der Waals surface area contributed by atoms with Crippen molar-refractivity contribution in [2.45, 2.75) is 37.8 Å². The van der Waals surface area contributed by atoms with Crippen LogP contribution in [0.4, 0.5) is 0 Å². The van der Waals surface area contributed by atoms with E-state index in [1.807, 2.05) is 0 Å². The van der Waals surface area contributed by atoms with Crippen LogP contribution in [0.15, 0.2) is 0 Å². The first-order chi connectivity index (χ1) is 10.7. The van der Waals surface area contributed by atoms with E-state index in [2.05, 4.69) is 5.32 Å². The maximum absolute atomic E-state index is 12.3. The van der Waals surface area contributed by atoms with E-state index >= 15 is 0 Å². The van der Waals surface area contributed by atoms with Crippen molar-refractivity contribution in [3.8, 4) is 0 Å². The van der Waals surface area contributed by atoms with Crippen molar-refractivity contribution in [3.05, 3.63) is 0 Å². The van der Waals surface area contributed by atoms with Crippen LogP contribution in [0.25, 0.3) is 0 Å². The zero-order valence-electron chi connectivity index (χ0n) is 13.3. The summed E-state index contributed by atoms with van der Waals surface area (Å²) in [6, 6.07) is -1.97. The Balaban J connectivity index is 2.68. The van der Waals surface area contributed by atoms with E-state index in [0.29, 0.717) is 19.4 Å². The van der Waals surface area contributed by atoms with Gasteiger partial charge in [0.25, 0.3) is 0 Å². The predicted molar refractivity (Wildman–Crippen MR) is 79.7 cm³/mol. The van der Waals surface area contributed by atoms with Gasteiger partial charge in [-0.2, -0.15) is 0 Å². The minimum absolute atomic E-state index is 0.172. The number of amides is 2. The Labute approximate surface area is 134 Å². The summed E-state index contributed by atoms with van der Waals surface area (Å²) in [6.45, 7) is 0.628. The number of nitrogens with one attached hydrogen (secondary N) is 1. The number of hydrogen-bond donors (Lipinski definition) is 3. The molecule has 0 bridgehead atoms. The first-order valence-corrected chi connectivity index (χ1v) is 7.41. The summed E-state index contributed by atoms with van der Waals surface area (Å²) < 4.78 is 0. The number of nitrogens with zero attached hydrogens (tertiary/aromatic N) is 2. The van der Waals surface area contributed by atoms with Gasteiger partial charge in [-0.05, 0) is 33.4 Å². The highest BCUT2D eigenvalue weighted by molar-refractivity contribution is 5.91. The van der Waals surface area contributed by atoms with Crippen LogP contribution >= 0.6 is 0 Å². The van der Waals surface area contributed by atoms with Crippen LogP contribution in [0, 0.1) is 0 Å². The molecule has 0 aromatic rings. The molecule has 9 heteroatoms. The fourth-order valence-corrected chi connectivity index (χ4v) is 2.49. The molecule has 0 aliphatic carbocycles. The lowest BCUT2D eigenvalue weighted by Crippen LogP contribution is -2.52.